The average Bonchev–Trinajstić information content (AvgIpc) is 2.62. The molecule has 0 saturated carbocycles. The molecule has 1 heterocycles. The monoisotopic (exact) mass is 252 g/mol. The summed E-state index contributed by atoms with van der Waals surface area (Å²) in [6.45, 7) is 5.91. The van der Waals surface area contributed by atoms with E-state index < -0.39 is 5.97 Å². The number of aromatic nitrogens is 1. The van der Waals surface area contributed by atoms with Crippen LogP contribution in [0, 0.1) is 0 Å². The first kappa shape index (κ1) is 14.3. The van der Waals surface area contributed by atoms with Crippen molar-refractivity contribution in [3.8, 4) is 0 Å². The van der Waals surface area contributed by atoms with Gasteiger partial charge in [-0.25, -0.2) is 4.79 Å². The summed E-state index contributed by atoms with van der Waals surface area (Å²) >= 11 is 0. The smallest absolute Gasteiger partial charge is 0.357 e. The van der Waals surface area contributed by atoms with Gasteiger partial charge in [0.15, 0.2) is 12.0 Å². The highest BCUT2D eigenvalue weighted by molar-refractivity contribution is 5.94. The number of rotatable bonds is 6. The largest absolute Gasteiger partial charge is 0.461 e. The summed E-state index contributed by atoms with van der Waals surface area (Å²) < 4.78 is 6.30. The lowest BCUT2D eigenvalue weighted by molar-refractivity contribution is 0.0514. The Hall–Kier alpha value is -1.78. The molecule has 18 heavy (non-hydrogen) atoms. The van der Waals surface area contributed by atoms with Crippen LogP contribution in [0.5, 0.6) is 0 Å². The minimum absolute atomic E-state index is 0.284. The number of nitrogen functional groups attached to an aromatic ring is 1. The Balaban J connectivity index is 3.40. The number of ether oxygens (including phenoxy) is 1. The van der Waals surface area contributed by atoms with Crippen molar-refractivity contribution in [3.05, 3.63) is 22.5 Å². The van der Waals surface area contributed by atoms with Crippen molar-refractivity contribution in [1.29, 1.82) is 0 Å². The van der Waals surface area contributed by atoms with E-state index in [0.717, 1.165) is 12.7 Å². The molecule has 0 aliphatic rings. The van der Waals surface area contributed by atoms with Crippen LogP contribution >= 0.6 is 0 Å². The number of carbonyl (C=O) groups is 2. The molecular weight excluding hydrogens is 232 g/mol. The molecule has 5 nitrogen and oxygen atoms in total. The first-order valence-electron chi connectivity index (χ1n) is 6.26. The van der Waals surface area contributed by atoms with Gasteiger partial charge in [-0.2, -0.15) is 0 Å². The molecule has 0 amide bonds. The fourth-order valence-electron chi connectivity index (χ4n) is 2.12. The van der Waals surface area contributed by atoms with Gasteiger partial charge in [-0.15, -0.1) is 0 Å². The maximum Gasteiger partial charge on any atom is 0.357 e. The first-order chi connectivity index (χ1) is 8.62. The lowest BCUT2D eigenvalue weighted by Crippen LogP contribution is -2.21. The lowest BCUT2D eigenvalue weighted by Gasteiger charge is -2.07. The fraction of sp³-hybridized carbons (Fsp3) is 0.538. The van der Waals surface area contributed by atoms with Crippen LogP contribution in [0.2, 0.25) is 0 Å². The Labute approximate surface area is 107 Å². The van der Waals surface area contributed by atoms with Crippen molar-refractivity contribution in [2.24, 2.45) is 0 Å². The zero-order chi connectivity index (χ0) is 13.7. The van der Waals surface area contributed by atoms with Crippen LogP contribution in [-0.2, 0) is 17.6 Å². The summed E-state index contributed by atoms with van der Waals surface area (Å²) in [5, 5.41) is 0. The Kier molecular flexibility index (Phi) is 4.95. The third-order valence-corrected chi connectivity index (χ3v) is 2.88. The topological polar surface area (TPSA) is 74.3 Å². The van der Waals surface area contributed by atoms with Gasteiger partial charge >= 0.3 is 5.97 Å². The first-order valence-corrected chi connectivity index (χ1v) is 6.26. The third-order valence-electron chi connectivity index (χ3n) is 2.88. The molecule has 1 aromatic heterocycles. The van der Waals surface area contributed by atoms with Gasteiger partial charge in [-0.3, -0.25) is 9.47 Å². The molecule has 1 rings (SSSR count). The number of nitrogens with two attached hydrogens (primary N) is 1. The Morgan fingerprint density at radius 1 is 1.39 bits per heavy atom. The molecular formula is C13H20N2O3. The van der Waals surface area contributed by atoms with Gasteiger partial charge in [0.1, 0.15) is 0 Å². The number of esters is 1. The van der Waals surface area contributed by atoms with Crippen molar-refractivity contribution >= 4 is 12.3 Å². The SMILES string of the molecule is CCCc1c(C=O)c(CC)c(C(=O)OCC)n1N. The van der Waals surface area contributed by atoms with Crippen LogP contribution in [-0.4, -0.2) is 23.5 Å². The van der Waals surface area contributed by atoms with Crippen LogP contribution < -0.4 is 5.84 Å². The molecule has 0 spiro atoms. The molecule has 5 heteroatoms. The second-order valence-electron chi connectivity index (χ2n) is 4.00. The molecule has 0 aliphatic carbocycles. The van der Waals surface area contributed by atoms with Crippen molar-refractivity contribution < 1.29 is 14.3 Å². The highest BCUT2D eigenvalue weighted by atomic mass is 16.5. The van der Waals surface area contributed by atoms with E-state index in [-0.39, 0.29) is 6.61 Å². The molecule has 0 aromatic carbocycles. The van der Waals surface area contributed by atoms with E-state index in [4.69, 9.17) is 10.6 Å². The number of hydrogen-bond donors (Lipinski definition) is 1. The molecule has 0 atom stereocenters. The average molecular weight is 252 g/mol. The Bertz CT molecular complexity index is 450. The molecule has 1 aromatic rings. The minimum atomic E-state index is -0.470. The van der Waals surface area contributed by atoms with Crippen LogP contribution in [0.25, 0.3) is 0 Å². The summed E-state index contributed by atoms with van der Waals surface area (Å²) in [7, 11) is 0. The van der Waals surface area contributed by atoms with Crippen LogP contribution in [0.3, 0.4) is 0 Å². The standard InChI is InChI=1S/C13H20N2O3/c1-4-7-11-10(8-16)9(5-2)12(15(11)14)13(17)18-6-3/h8H,4-7,14H2,1-3H3. The molecule has 100 valence electrons. The predicted octanol–water partition coefficient (Wildman–Crippen LogP) is 1.71. The zero-order valence-electron chi connectivity index (χ0n) is 11.2. The molecule has 0 fully saturated rings. The molecule has 0 aliphatic heterocycles. The number of aldehydes is 1. The summed E-state index contributed by atoms with van der Waals surface area (Å²) in [6.07, 6.45) is 2.86. The summed E-state index contributed by atoms with van der Waals surface area (Å²) in [5.41, 5.74) is 2.21. The molecule has 0 radical (unpaired) electrons. The van der Waals surface area contributed by atoms with Crippen molar-refractivity contribution in [2.75, 3.05) is 12.4 Å². The minimum Gasteiger partial charge on any atom is -0.461 e. The van der Waals surface area contributed by atoms with Crippen molar-refractivity contribution in [2.45, 2.75) is 40.0 Å². The van der Waals surface area contributed by atoms with Gasteiger partial charge in [0.05, 0.1) is 12.3 Å². The highest BCUT2D eigenvalue weighted by Crippen LogP contribution is 2.22. The van der Waals surface area contributed by atoms with Gasteiger partial charge in [0.2, 0.25) is 0 Å². The second-order valence-corrected chi connectivity index (χ2v) is 4.00. The van der Waals surface area contributed by atoms with E-state index in [1.807, 2.05) is 13.8 Å². The number of hydrogen-bond acceptors (Lipinski definition) is 4. The predicted molar refractivity (Wildman–Crippen MR) is 69.3 cm³/mol. The van der Waals surface area contributed by atoms with Gasteiger partial charge < -0.3 is 10.6 Å². The van der Waals surface area contributed by atoms with E-state index in [9.17, 15) is 9.59 Å². The second kappa shape index (κ2) is 6.23. The lowest BCUT2D eigenvalue weighted by atomic mass is 10.1. The Morgan fingerprint density at radius 2 is 2.06 bits per heavy atom. The number of carbonyl (C=O) groups excluding carboxylic acids is 2. The normalized spacial score (nSPS) is 10.4. The van der Waals surface area contributed by atoms with E-state index in [1.54, 1.807) is 6.92 Å². The van der Waals surface area contributed by atoms with Crippen LogP contribution in [0.1, 0.15) is 59.3 Å². The van der Waals surface area contributed by atoms with E-state index >= 15 is 0 Å². The van der Waals surface area contributed by atoms with E-state index in [1.165, 1.54) is 4.68 Å². The van der Waals surface area contributed by atoms with Crippen molar-refractivity contribution in [1.82, 2.24) is 4.68 Å². The Morgan fingerprint density at radius 3 is 2.50 bits per heavy atom. The quantitative estimate of drug-likeness (QED) is 0.475. The van der Waals surface area contributed by atoms with Gasteiger partial charge in [-0.1, -0.05) is 20.3 Å². The molecule has 2 N–H and O–H groups in total. The zero-order valence-corrected chi connectivity index (χ0v) is 11.2. The maximum absolute atomic E-state index is 11.9. The summed E-state index contributed by atoms with van der Waals surface area (Å²) in [5.74, 6) is 5.46. The number of nitrogens with zero attached hydrogens (tertiary/aromatic N) is 1. The molecule has 0 unspecified atom stereocenters. The van der Waals surface area contributed by atoms with Crippen LogP contribution in [0.4, 0.5) is 0 Å². The summed E-state index contributed by atoms with van der Waals surface area (Å²) in [6, 6.07) is 0. The summed E-state index contributed by atoms with van der Waals surface area (Å²) in [4.78, 5) is 23.1. The van der Waals surface area contributed by atoms with E-state index in [2.05, 4.69) is 0 Å². The van der Waals surface area contributed by atoms with Gasteiger partial charge in [-0.05, 0) is 25.3 Å². The fourth-order valence-corrected chi connectivity index (χ4v) is 2.12. The van der Waals surface area contributed by atoms with Gasteiger partial charge in [0, 0.05) is 5.56 Å². The third kappa shape index (κ3) is 2.39. The van der Waals surface area contributed by atoms with Crippen LogP contribution in [0.15, 0.2) is 0 Å². The molecule has 0 bridgehead atoms. The highest BCUT2D eigenvalue weighted by Gasteiger charge is 2.25. The van der Waals surface area contributed by atoms with E-state index in [0.29, 0.717) is 35.4 Å². The van der Waals surface area contributed by atoms with Gasteiger partial charge in [0.25, 0.3) is 0 Å². The maximum atomic E-state index is 11.9. The van der Waals surface area contributed by atoms with Crippen molar-refractivity contribution in [3.63, 3.8) is 0 Å². The molecule has 0 saturated heterocycles.